The highest BCUT2D eigenvalue weighted by Crippen LogP contribution is 2.27. The molecule has 0 spiro atoms. The second-order valence-corrected chi connectivity index (χ2v) is 6.92. The first kappa shape index (κ1) is 20.8. The first-order valence-electron chi connectivity index (χ1n) is 8.75. The van der Waals surface area contributed by atoms with Crippen molar-refractivity contribution in [2.45, 2.75) is 32.0 Å². The maximum Gasteiger partial charge on any atom is 0.123 e. The lowest BCUT2D eigenvalue weighted by atomic mass is 9.94. The topological polar surface area (TPSA) is 68.2 Å². The molecule has 2 rings (SSSR count). The van der Waals surface area contributed by atoms with Gasteiger partial charge in [0.25, 0.3) is 0 Å². The lowest BCUT2D eigenvalue weighted by Crippen LogP contribution is -2.37. The Morgan fingerprint density at radius 2 is 1.48 bits per heavy atom. The molecule has 0 saturated heterocycles. The highest BCUT2D eigenvalue weighted by Gasteiger charge is 2.25. The molecular formula is C22H28O5. The SMILES string of the molecule is COc1cc(/C=C/c2ccc(OC)c(C[C@H](O)C(C)(C)O)c2)cc(OC)c1. The van der Waals surface area contributed by atoms with E-state index in [0.717, 1.165) is 28.2 Å². The highest BCUT2D eigenvalue weighted by molar-refractivity contribution is 5.71. The van der Waals surface area contributed by atoms with Crippen molar-refractivity contribution in [3.05, 3.63) is 53.1 Å². The van der Waals surface area contributed by atoms with Crippen molar-refractivity contribution in [1.82, 2.24) is 0 Å². The zero-order valence-electron chi connectivity index (χ0n) is 16.5. The van der Waals surface area contributed by atoms with E-state index in [4.69, 9.17) is 14.2 Å². The third-order valence-corrected chi connectivity index (χ3v) is 4.38. The average Bonchev–Trinajstić information content (AvgIpc) is 2.65. The van der Waals surface area contributed by atoms with Gasteiger partial charge >= 0.3 is 0 Å². The summed E-state index contributed by atoms with van der Waals surface area (Å²) in [5.74, 6) is 2.12. The second kappa shape index (κ2) is 8.93. The summed E-state index contributed by atoms with van der Waals surface area (Å²) in [6.07, 6.45) is 3.33. The lowest BCUT2D eigenvalue weighted by Gasteiger charge is -2.25. The van der Waals surface area contributed by atoms with E-state index in [9.17, 15) is 10.2 Å². The maximum atomic E-state index is 10.2. The molecule has 2 aromatic carbocycles. The largest absolute Gasteiger partial charge is 0.497 e. The normalized spacial score (nSPS) is 12.9. The summed E-state index contributed by atoms with van der Waals surface area (Å²) < 4.78 is 16.0. The van der Waals surface area contributed by atoms with Crippen LogP contribution in [-0.4, -0.2) is 43.2 Å². The maximum absolute atomic E-state index is 10.2. The van der Waals surface area contributed by atoms with Gasteiger partial charge in [-0.15, -0.1) is 0 Å². The minimum absolute atomic E-state index is 0.293. The summed E-state index contributed by atoms with van der Waals surface area (Å²) in [4.78, 5) is 0. The molecule has 0 bridgehead atoms. The summed E-state index contributed by atoms with van der Waals surface area (Å²) >= 11 is 0. The minimum atomic E-state index is -1.19. The van der Waals surface area contributed by atoms with Gasteiger partial charge in [0.1, 0.15) is 17.2 Å². The molecule has 0 aliphatic heterocycles. The van der Waals surface area contributed by atoms with Crippen molar-refractivity contribution in [3.8, 4) is 17.2 Å². The van der Waals surface area contributed by atoms with Crippen molar-refractivity contribution >= 4 is 12.2 Å². The van der Waals surface area contributed by atoms with Gasteiger partial charge in [0.05, 0.1) is 33.0 Å². The molecule has 2 aromatic rings. The molecule has 0 radical (unpaired) electrons. The van der Waals surface area contributed by atoms with Crippen LogP contribution in [0.3, 0.4) is 0 Å². The van der Waals surface area contributed by atoms with Gasteiger partial charge in [-0.1, -0.05) is 18.2 Å². The van der Waals surface area contributed by atoms with Crippen LogP contribution in [0.5, 0.6) is 17.2 Å². The predicted octanol–water partition coefficient (Wildman–Crippen LogP) is 3.56. The zero-order valence-corrected chi connectivity index (χ0v) is 16.5. The van der Waals surface area contributed by atoms with E-state index in [1.54, 1.807) is 35.2 Å². The Morgan fingerprint density at radius 3 is 2.00 bits per heavy atom. The van der Waals surface area contributed by atoms with Crippen LogP contribution in [-0.2, 0) is 6.42 Å². The van der Waals surface area contributed by atoms with E-state index in [1.807, 2.05) is 48.6 Å². The number of aliphatic hydroxyl groups excluding tert-OH is 1. The fourth-order valence-electron chi connectivity index (χ4n) is 2.64. The molecule has 5 heteroatoms. The molecule has 1 atom stereocenters. The summed E-state index contributed by atoms with van der Waals surface area (Å²) in [7, 11) is 4.82. The molecule has 5 nitrogen and oxygen atoms in total. The van der Waals surface area contributed by atoms with Crippen molar-refractivity contribution < 1.29 is 24.4 Å². The molecule has 146 valence electrons. The third kappa shape index (κ3) is 5.74. The van der Waals surface area contributed by atoms with E-state index in [2.05, 4.69) is 0 Å². The van der Waals surface area contributed by atoms with Gasteiger partial charge in [-0.25, -0.2) is 0 Å². The van der Waals surface area contributed by atoms with Crippen molar-refractivity contribution in [3.63, 3.8) is 0 Å². The van der Waals surface area contributed by atoms with Gasteiger partial charge in [-0.2, -0.15) is 0 Å². The summed E-state index contributed by atoms with van der Waals surface area (Å²) in [6, 6.07) is 11.4. The van der Waals surface area contributed by atoms with Crippen LogP contribution < -0.4 is 14.2 Å². The Bertz CT molecular complexity index is 768. The number of benzene rings is 2. The Kier molecular flexibility index (Phi) is 6.88. The van der Waals surface area contributed by atoms with Gasteiger partial charge in [0, 0.05) is 12.5 Å². The molecule has 2 N–H and O–H groups in total. The summed E-state index contributed by atoms with van der Waals surface area (Å²) in [6.45, 7) is 3.17. The van der Waals surface area contributed by atoms with Crippen molar-refractivity contribution in [1.29, 1.82) is 0 Å². The van der Waals surface area contributed by atoms with Crippen LogP contribution in [0.2, 0.25) is 0 Å². The van der Waals surface area contributed by atoms with Crippen LogP contribution >= 0.6 is 0 Å². The van der Waals surface area contributed by atoms with Gasteiger partial charge in [-0.3, -0.25) is 0 Å². The van der Waals surface area contributed by atoms with Crippen molar-refractivity contribution in [2.75, 3.05) is 21.3 Å². The molecule has 0 heterocycles. The second-order valence-electron chi connectivity index (χ2n) is 6.92. The number of hydrogen-bond acceptors (Lipinski definition) is 5. The van der Waals surface area contributed by atoms with Gasteiger partial charge in [-0.05, 0) is 54.8 Å². The molecule has 0 fully saturated rings. The number of ether oxygens (including phenoxy) is 3. The number of hydrogen-bond donors (Lipinski definition) is 2. The van der Waals surface area contributed by atoms with E-state index in [1.165, 1.54) is 0 Å². The van der Waals surface area contributed by atoms with Crippen LogP contribution in [0, 0.1) is 0 Å². The van der Waals surface area contributed by atoms with Gasteiger partial charge < -0.3 is 24.4 Å². The molecule has 0 amide bonds. The Balaban J connectivity index is 2.29. The van der Waals surface area contributed by atoms with E-state index >= 15 is 0 Å². The Morgan fingerprint density at radius 1 is 0.889 bits per heavy atom. The minimum Gasteiger partial charge on any atom is -0.497 e. The first-order chi connectivity index (χ1) is 12.8. The average molecular weight is 372 g/mol. The number of methoxy groups -OCH3 is 3. The van der Waals surface area contributed by atoms with E-state index in [-0.39, 0.29) is 0 Å². The molecule has 27 heavy (non-hydrogen) atoms. The van der Waals surface area contributed by atoms with Crippen molar-refractivity contribution in [2.24, 2.45) is 0 Å². The highest BCUT2D eigenvalue weighted by atomic mass is 16.5. The predicted molar refractivity (Wildman–Crippen MR) is 107 cm³/mol. The van der Waals surface area contributed by atoms with Gasteiger partial charge in [0.2, 0.25) is 0 Å². The van der Waals surface area contributed by atoms with Crippen LogP contribution in [0.1, 0.15) is 30.5 Å². The lowest BCUT2D eigenvalue weighted by molar-refractivity contribution is -0.0471. The smallest absolute Gasteiger partial charge is 0.123 e. The quantitative estimate of drug-likeness (QED) is 0.694. The Hall–Kier alpha value is -2.50. The number of rotatable bonds is 8. The van der Waals surface area contributed by atoms with Crippen LogP contribution in [0.15, 0.2) is 36.4 Å². The molecule has 0 aliphatic carbocycles. The molecular weight excluding hydrogens is 344 g/mol. The fraction of sp³-hybridized carbons (Fsp3) is 0.364. The van der Waals surface area contributed by atoms with Crippen LogP contribution in [0.25, 0.3) is 12.2 Å². The van der Waals surface area contributed by atoms with E-state index in [0.29, 0.717) is 12.2 Å². The zero-order chi connectivity index (χ0) is 20.0. The molecule has 0 aromatic heterocycles. The first-order valence-corrected chi connectivity index (χ1v) is 8.75. The van der Waals surface area contributed by atoms with E-state index < -0.39 is 11.7 Å². The van der Waals surface area contributed by atoms with Gasteiger partial charge in [0.15, 0.2) is 0 Å². The molecule has 0 aliphatic rings. The standard InChI is InChI=1S/C22H28O5/c1-22(2,24)21(23)13-17-10-15(8-9-20(17)27-5)6-7-16-11-18(25-3)14-19(12-16)26-4/h6-12,14,21,23-24H,13H2,1-5H3/b7-6+/t21-/m0/s1. The fourth-order valence-corrected chi connectivity index (χ4v) is 2.64. The summed E-state index contributed by atoms with van der Waals surface area (Å²) in [5, 5.41) is 20.2. The summed E-state index contributed by atoms with van der Waals surface area (Å²) in [5.41, 5.74) is 1.54. The Labute approximate surface area is 160 Å². The third-order valence-electron chi connectivity index (χ3n) is 4.38. The monoisotopic (exact) mass is 372 g/mol. The van der Waals surface area contributed by atoms with Crippen LogP contribution in [0.4, 0.5) is 0 Å². The number of aliphatic hydroxyl groups is 2. The molecule has 0 unspecified atom stereocenters. The molecule has 0 saturated carbocycles.